The third-order valence-electron chi connectivity index (χ3n) is 6.68. The highest BCUT2D eigenvalue weighted by Crippen LogP contribution is 2.23. The Bertz CT molecular complexity index is 507. The second-order valence-corrected chi connectivity index (χ2v) is 10.4. The minimum absolute atomic E-state index is 0.249. The lowest BCUT2D eigenvalue weighted by Gasteiger charge is -2.39. The van der Waals surface area contributed by atoms with Gasteiger partial charge in [0.1, 0.15) is 24.4 Å². The largest absolute Gasteiger partial charge is 0.394 e. The molecule has 1 saturated heterocycles. The van der Waals surface area contributed by atoms with Crippen molar-refractivity contribution in [3.05, 3.63) is 11.6 Å². The van der Waals surface area contributed by atoms with Crippen LogP contribution < -0.4 is 0 Å². The van der Waals surface area contributed by atoms with Crippen molar-refractivity contribution >= 4 is 0 Å². The maximum atomic E-state index is 10.00. The van der Waals surface area contributed by atoms with Crippen LogP contribution in [-0.4, -0.2) is 64.3 Å². The first-order chi connectivity index (χ1) is 15.1. The molecule has 6 heteroatoms. The van der Waals surface area contributed by atoms with E-state index < -0.39 is 37.3 Å². The highest BCUT2D eigenvalue weighted by molar-refractivity contribution is 4.98. The van der Waals surface area contributed by atoms with Crippen LogP contribution in [0.5, 0.6) is 0 Å². The molecule has 7 atom stereocenters. The molecule has 0 aromatic rings. The Balaban J connectivity index is 2.17. The van der Waals surface area contributed by atoms with Crippen molar-refractivity contribution in [1.82, 2.24) is 0 Å². The van der Waals surface area contributed by atoms with Gasteiger partial charge in [-0.2, -0.15) is 0 Å². The van der Waals surface area contributed by atoms with Gasteiger partial charge in [0.2, 0.25) is 0 Å². The molecule has 0 amide bonds. The summed E-state index contributed by atoms with van der Waals surface area (Å²) in [6.07, 6.45) is 7.27. The molecule has 4 N–H and O–H groups in total. The van der Waals surface area contributed by atoms with E-state index in [0.717, 1.165) is 30.6 Å². The number of hydrogen-bond donors (Lipinski definition) is 4. The Morgan fingerprint density at radius 3 is 1.97 bits per heavy atom. The van der Waals surface area contributed by atoms with Crippen LogP contribution in [0.2, 0.25) is 0 Å². The van der Waals surface area contributed by atoms with Crippen LogP contribution in [0.25, 0.3) is 0 Å². The third-order valence-corrected chi connectivity index (χ3v) is 6.68. The molecule has 1 rings (SSSR count). The maximum absolute atomic E-state index is 10.00. The zero-order valence-electron chi connectivity index (χ0n) is 21.1. The molecule has 0 saturated carbocycles. The smallest absolute Gasteiger partial charge is 0.187 e. The number of allylic oxidation sites excluding steroid dienone is 1. The monoisotopic (exact) mass is 458 g/mol. The normalized spacial score (nSPS) is 28.8. The van der Waals surface area contributed by atoms with Crippen LogP contribution in [0.1, 0.15) is 92.4 Å². The molecule has 1 aliphatic heterocycles. The van der Waals surface area contributed by atoms with E-state index in [1.165, 1.54) is 50.5 Å². The van der Waals surface area contributed by atoms with E-state index in [9.17, 15) is 20.4 Å². The maximum Gasteiger partial charge on any atom is 0.187 e. The Labute approximate surface area is 196 Å². The van der Waals surface area contributed by atoms with Gasteiger partial charge in [0.05, 0.1) is 13.2 Å². The first-order valence-corrected chi connectivity index (χ1v) is 12.7. The lowest BCUT2D eigenvalue weighted by molar-refractivity contribution is -0.298. The lowest BCUT2D eigenvalue weighted by atomic mass is 9.91. The summed E-state index contributed by atoms with van der Waals surface area (Å²) in [6.45, 7) is 11.2. The van der Waals surface area contributed by atoms with E-state index in [2.05, 4.69) is 34.6 Å². The highest BCUT2D eigenvalue weighted by atomic mass is 16.7. The van der Waals surface area contributed by atoms with Crippen molar-refractivity contribution in [3.8, 4) is 0 Å². The standard InChI is InChI=1S/C26H50O6/c1-18(2)9-6-10-19(3)11-7-12-20(4)13-8-14-21(5)15-16-31-26-25(30)24(29)23(28)22(17-27)32-26/h15,18-20,22-30H,6-14,16-17H2,1-5H3/b21-15+. The third kappa shape index (κ3) is 11.6. The molecule has 0 aromatic heterocycles. The SMILES string of the molecule is C/C(=C\COC1OC(CO)C(O)C(O)C1O)CCCC(C)CCCC(C)CCCC(C)C. The zero-order chi connectivity index (χ0) is 24.1. The number of rotatable bonds is 16. The van der Waals surface area contributed by atoms with Gasteiger partial charge in [-0.25, -0.2) is 0 Å². The highest BCUT2D eigenvalue weighted by Gasteiger charge is 2.43. The minimum Gasteiger partial charge on any atom is -0.394 e. The van der Waals surface area contributed by atoms with Crippen LogP contribution in [0, 0.1) is 17.8 Å². The average molecular weight is 459 g/mol. The molecular weight excluding hydrogens is 408 g/mol. The first-order valence-electron chi connectivity index (χ1n) is 12.7. The molecule has 1 aliphatic rings. The number of aliphatic hydroxyl groups excluding tert-OH is 4. The van der Waals surface area contributed by atoms with E-state index in [1.54, 1.807) is 0 Å². The molecule has 1 heterocycles. The van der Waals surface area contributed by atoms with Gasteiger partial charge in [0.25, 0.3) is 0 Å². The van der Waals surface area contributed by atoms with Gasteiger partial charge < -0.3 is 29.9 Å². The molecule has 0 bridgehead atoms. The second kappa shape index (κ2) is 16.2. The van der Waals surface area contributed by atoms with Crippen molar-refractivity contribution in [2.24, 2.45) is 17.8 Å². The van der Waals surface area contributed by atoms with E-state index in [1.807, 2.05) is 6.08 Å². The molecule has 0 spiro atoms. The van der Waals surface area contributed by atoms with Gasteiger partial charge in [0, 0.05) is 0 Å². The zero-order valence-corrected chi connectivity index (χ0v) is 21.1. The molecule has 6 nitrogen and oxygen atoms in total. The van der Waals surface area contributed by atoms with Crippen LogP contribution in [0.3, 0.4) is 0 Å². The topological polar surface area (TPSA) is 99.4 Å². The molecule has 190 valence electrons. The number of ether oxygens (including phenoxy) is 2. The van der Waals surface area contributed by atoms with E-state index in [-0.39, 0.29) is 6.61 Å². The van der Waals surface area contributed by atoms with Crippen molar-refractivity contribution < 1.29 is 29.9 Å². The molecule has 1 fully saturated rings. The molecule has 32 heavy (non-hydrogen) atoms. The summed E-state index contributed by atoms with van der Waals surface area (Å²) in [5, 5.41) is 38.8. The van der Waals surface area contributed by atoms with E-state index in [4.69, 9.17) is 9.47 Å². The molecule has 7 unspecified atom stereocenters. The fourth-order valence-corrected chi connectivity index (χ4v) is 4.30. The predicted octanol–water partition coefficient (Wildman–Crippen LogP) is 4.19. The van der Waals surface area contributed by atoms with Gasteiger partial charge in [-0.3, -0.25) is 0 Å². The summed E-state index contributed by atoms with van der Waals surface area (Å²) in [4.78, 5) is 0. The average Bonchev–Trinajstić information content (AvgIpc) is 2.73. The summed E-state index contributed by atoms with van der Waals surface area (Å²) >= 11 is 0. The summed E-state index contributed by atoms with van der Waals surface area (Å²) < 4.78 is 10.9. The van der Waals surface area contributed by atoms with E-state index in [0.29, 0.717) is 0 Å². The van der Waals surface area contributed by atoms with Crippen molar-refractivity contribution in [3.63, 3.8) is 0 Å². The number of hydrogen-bond acceptors (Lipinski definition) is 6. The van der Waals surface area contributed by atoms with Crippen molar-refractivity contribution in [2.75, 3.05) is 13.2 Å². The van der Waals surface area contributed by atoms with Crippen LogP contribution in [0.4, 0.5) is 0 Å². The van der Waals surface area contributed by atoms with Gasteiger partial charge in [-0.15, -0.1) is 0 Å². The number of aliphatic hydroxyl groups is 4. The minimum atomic E-state index is -1.40. The quantitative estimate of drug-likeness (QED) is 0.259. The molecule has 0 aromatic carbocycles. The van der Waals surface area contributed by atoms with Gasteiger partial charge in [0.15, 0.2) is 6.29 Å². The summed E-state index contributed by atoms with van der Waals surface area (Å²) in [7, 11) is 0. The van der Waals surface area contributed by atoms with Gasteiger partial charge >= 0.3 is 0 Å². The summed E-state index contributed by atoms with van der Waals surface area (Å²) in [5.41, 5.74) is 1.22. The molecular formula is C26H50O6. The summed E-state index contributed by atoms with van der Waals surface area (Å²) in [5.74, 6) is 2.41. The fraction of sp³-hybridized carbons (Fsp3) is 0.923. The Morgan fingerprint density at radius 1 is 0.844 bits per heavy atom. The van der Waals surface area contributed by atoms with Crippen LogP contribution >= 0.6 is 0 Å². The predicted molar refractivity (Wildman–Crippen MR) is 128 cm³/mol. The van der Waals surface area contributed by atoms with Crippen LogP contribution in [-0.2, 0) is 9.47 Å². The second-order valence-electron chi connectivity index (χ2n) is 10.4. The Kier molecular flexibility index (Phi) is 14.9. The van der Waals surface area contributed by atoms with Gasteiger partial charge in [-0.05, 0) is 37.5 Å². The lowest BCUT2D eigenvalue weighted by Crippen LogP contribution is -2.59. The van der Waals surface area contributed by atoms with Crippen molar-refractivity contribution in [2.45, 2.75) is 123 Å². The van der Waals surface area contributed by atoms with Crippen LogP contribution in [0.15, 0.2) is 11.6 Å². The molecule has 0 radical (unpaired) electrons. The molecule has 0 aliphatic carbocycles. The Hall–Kier alpha value is -0.500. The summed E-state index contributed by atoms with van der Waals surface area (Å²) in [6, 6.07) is 0. The Morgan fingerprint density at radius 2 is 1.41 bits per heavy atom. The fourth-order valence-electron chi connectivity index (χ4n) is 4.30. The van der Waals surface area contributed by atoms with Gasteiger partial charge in [-0.1, -0.05) is 84.3 Å². The van der Waals surface area contributed by atoms with E-state index >= 15 is 0 Å². The first kappa shape index (κ1) is 29.5. The van der Waals surface area contributed by atoms with Crippen molar-refractivity contribution in [1.29, 1.82) is 0 Å².